The molecule has 2 rings (SSSR count). The molecule has 0 bridgehead atoms. The van der Waals surface area contributed by atoms with Gasteiger partial charge in [0.2, 0.25) is 0 Å². The molecular formula is C15H15BrN2O2. The molecule has 0 fully saturated rings. The molecule has 20 heavy (non-hydrogen) atoms. The molecule has 104 valence electrons. The van der Waals surface area contributed by atoms with Gasteiger partial charge in [-0.15, -0.1) is 0 Å². The van der Waals surface area contributed by atoms with Crippen molar-refractivity contribution in [2.75, 3.05) is 5.32 Å². The average molecular weight is 335 g/mol. The number of nitrogens with zero attached hydrogens (tertiary/aromatic N) is 1. The summed E-state index contributed by atoms with van der Waals surface area (Å²) >= 11 is 3.33. The van der Waals surface area contributed by atoms with Crippen LogP contribution in [0.5, 0.6) is 0 Å². The molecule has 0 spiro atoms. The zero-order valence-electron chi connectivity index (χ0n) is 11.1. The van der Waals surface area contributed by atoms with Gasteiger partial charge in [-0.3, -0.25) is 9.59 Å². The van der Waals surface area contributed by atoms with Gasteiger partial charge in [-0.1, -0.05) is 28.9 Å². The first kappa shape index (κ1) is 14.5. The van der Waals surface area contributed by atoms with E-state index in [1.165, 1.54) is 6.07 Å². The Morgan fingerprint density at radius 2 is 2.10 bits per heavy atom. The number of benzene rings is 1. The highest BCUT2D eigenvalue weighted by atomic mass is 79.9. The second-order valence-corrected chi connectivity index (χ2v) is 5.33. The quantitative estimate of drug-likeness (QED) is 0.932. The number of carbonyl (C=O) groups is 1. The third-order valence-electron chi connectivity index (χ3n) is 2.79. The molecule has 0 atom stereocenters. The van der Waals surface area contributed by atoms with Crippen LogP contribution in [0.1, 0.15) is 23.7 Å². The fourth-order valence-electron chi connectivity index (χ4n) is 1.85. The maximum atomic E-state index is 12.1. The topological polar surface area (TPSA) is 51.1 Å². The molecule has 0 aliphatic heterocycles. The Balaban J connectivity index is 2.19. The summed E-state index contributed by atoms with van der Waals surface area (Å²) < 4.78 is 2.44. The Morgan fingerprint density at radius 1 is 1.30 bits per heavy atom. The molecule has 2 aromatic rings. The summed E-state index contributed by atoms with van der Waals surface area (Å²) in [5.41, 5.74) is 1.11. The van der Waals surface area contributed by atoms with Gasteiger partial charge in [0.05, 0.1) is 5.69 Å². The van der Waals surface area contributed by atoms with E-state index < -0.39 is 0 Å². The predicted molar refractivity (Wildman–Crippen MR) is 83.1 cm³/mol. The number of anilines is 1. The van der Waals surface area contributed by atoms with E-state index in [9.17, 15) is 9.59 Å². The SMILES string of the molecule is CCCn1cc(NC(=O)c2cccc(Br)c2)ccc1=O. The summed E-state index contributed by atoms with van der Waals surface area (Å²) in [6.45, 7) is 2.64. The Kier molecular flexibility index (Phi) is 4.74. The number of aromatic nitrogens is 1. The van der Waals surface area contributed by atoms with Gasteiger partial charge >= 0.3 is 0 Å². The van der Waals surface area contributed by atoms with E-state index in [0.29, 0.717) is 17.8 Å². The molecule has 1 aromatic heterocycles. The first-order valence-corrected chi connectivity index (χ1v) is 7.17. The van der Waals surface area contributed by atoms with Crippen molar-refractivity contribution in [3.8, 4) is 0 Å². The lowest BCUT2D eigenvalue weighted by atomic mass is 10.2. The van der Waals surface area contributed by atoms with Gasteiger partial charge in [0.25, 0.3) is 11.5 Å². The van der Waals surface area contributed by atoms with E-state index in [4.69, 9.17) is 0 Å². The van der Waals surface area contributed by atoms with Crippen LogP contribution in [0.4, 0.5) is 5.69 Å². The van der Waals surface area contributed by atoms with Crippen molar-refractivity contribution in [2.24, 2.45) is 0 Å². The molecule has 1 aromatic carbocycles. The lowest BCUT2D eigenvalue weighted by Gasteiger charge is -2.09. The standard InChI is InChI=1S/C15H15BrN2O2/c1-2-8-18-10-13(6-7-14(18)19)17-15(20)11-4-3-5-12(16)9-11/h3-7,9-10H,2,8H2,1H3,(H,17,20). The molecule has 0 saturated heterocycles. The molecule has 4 nitrogen and oxygen atoms in total. The van der Waals surface area contributed by atoms with Gasteiger partial charge in [0.1, 0.15) is 0 Å². The van der Waals surface area contributed by atoms with Crippen molar-refractivity contribution in [2.45, 2.75) is 19.9 Å². The van der Waals surface area contributed by atoms with Crippen LogP contribution in [0.25, 0.3) is 0 Å². The maximum absolute atomic E-state index is 12.1. The number of aryl methyl sites for hydroxylation is 1. The number of carbonyl (C=O) groups excluding carboxylic acids is 1. The van der Waals surface area contributed by atoms with Crippen LogP contribution >= 0.6 is 15.9 Å². The van der Waals surface area contributed by atoms with E-state index in [1.807, 2.05) is 13.0 Å². The second-order valence-electron chi connectivity index (χ2n) is 4.41. The van der Waals surface area contributed by atoms with Gasteiger partial charge in [-0.05, 0) is 30.7 Å². The number of nitrogens with one attached hydrogen (secondary N) is 1. The Morgan fingerprint density at radius 3 is 2.80 bits per heavy atom. The van der Waals surface area contributed by atoms with Crippen LogP contribution in [-0.2, 0) is 6.54 Å². The van der Waals surface area contributed by atoms with Crippen LogP contribution in [0, 0.1) is 0 Å². The third-order valence-corrected chi connectivity index (χ3v) is 3.29. The Labute approximate surface area is 125 Å². The summed E-state index contributed by atoms with van der Waals surface area (Å²) in [5, 5.41) is 2.79. The largest absolute Gasteiger partial charge is 0.321 e. The minimum Gasteiger partial charge on any atom is -0.321 e. The van der Waals surface area contributed by atoms with Gasteiger partial charge in [0.15, 0.2) is 0 Å². The highest BCUT2D eigenvalue weighted by Gasteiger charge is 2.07. The van der Waals surface area contributed by atoms with Crippen LogP contribution < -0.4 is 10.9 Å². The number of amides is 1. The first-order valence-electron chi connectivity index (χ1n) is 6.37. The van der Waals surface area contributed by atoms with Crippen LogP contribution in [0.15, 0.2) is 51.9 Å². The number of pyridine rings is 1. The van der Waals surface area contributed by atoms with Crippen LogP contribution in [-0.4, -0.2) is 10.5 Å². The normalized spacial score (nSPS) is 10.3. The van der Waals surface area contributed by atoms with Gasteiger partial charge < -0.3 is 9.88 Å². The van der Waals surface area contributed by atoms with E-state index in [1.54, 1.807) is 35.0 Å². The zero-order valence-corrected chi connectivity index (χ0v) is 12.7. The molecule has 0 aliphatic carbocycles. The highest BCUT2D eigenvalue weighted by molar-refractivity contribution is 9.10. The summed E-state index contributed by atoms with van der Waals surface area (Å²) in [4.78, 5) is 23.7. The summed E-state index contributed by atoms with van der Waals surface area (Å²) in [6, 6.07) is 10.2. The van der Waals surface area contributed by atoms with Crippen LogP contribution in [0.3, 0.4) is 0 Å². The second kappa shape index (κ2) is 6.52. The fraction of sp³-hybridized carbons (Fsp3) is 0.200. The molecule has 0 aliphatic rings. The van der Waals surface area contributed by atoms with Crippen molar-refractivity contribution >= 4 is 27.5 Å². The van der Waals surface area contributed by atoms with E-state index >= 15 is 0 Å². The van der Waals surface area contributed by atoms with Gasteiger partial charge in [-0.25, -0.2) is 0 Å². The average Bonchev–Trinajstić information content (AvgIpc) is 2.43. The monoisotopic (exact) mass is 334 g/mol. The van der Waals surface area contributed by atoms with Crippen molar-refractivity contribution in [3.63, 3.8) is 0 Å². The van der Waals surface area contributed by atoms with Crippen molar-refractivity contribution < 1.29 is 4.79 Å². The summed E-state index contributed by atoms with van der Waals surface area (Å²) in [6.07, 6.45) is 2.53. The molecule has 5 heteroatoms. The lowest BCUT2D eigenvalue weighted by molar-refractivity contribution is 0.102. The summed E-state index contributed by atoms with van der Waals surface area (Å²) in [7, 11) is 0. The maximum Gasteiger partial charge on any atom is 0.255 e. The Bertz CT molecular complexity index is 680. The molecule has 1 amide bonds. The van der Waals surface area contributed by atoms with Crippen molar-refractivity contribution in [1.29, 1.82) is 0 Å². The number of hydrogen-bond donors (Lipinski definition) is 1. The van der Waals surface area contributed by atoms with Gasteiger partial charge in [-0.2, -0.15) is 0 Å². The molecule has 1 N–H and O–H groups in total. The zero-order chi connectivity index (χ0) is 14.5. The van der Waals surface area contributed by atoms with Crippen molar-refractivity contribution in [3.05, 3.63) is 63.0 Å². The van der Waals surface area contributed by atoms with Gasteiger partial charge in [0, 0.05) is 28.8 Å². The molecule has 0 unspecified atom stereocenters. The molecule has 0 saturated carbocycles. The molecule has 1 heterocycles. The Hall–Kier alpha value is -1.88. The first-order chi connectivity index (χ1) is 9.60. The smallest absolute Gasteiger partial charge is 0.255 e. The van der Waals surface area contributed by atoms with E-state index in [0.717, 1.165) is 10.9 Å². The number of halogens is 1. The van der Waals surface area contributed by atoms with E-state index in [2.05, 4.69) is 21.2 Å². The number of rotatable bonds is 4. The lowest BCUT2D eigenvalue weighted by Crippen LogP contribution is -2.20. The van der Waals surface area contributed by atoms with Crippen molar-refractivity contribution in [1.82, 2.24) is 4.57 Å². The highest BCUT2D eigenvalue weighted by Crippen LogP contribution is 2.13. The van der Waals surface area contributed by atoms with E-state index in [-0.39, 0.29) is 11.5 Å². The third kappa shape index (κ3) is 3.57. The molecular weight excluding hydrogens is 320 g/mol. The minimum atomic E-state index is -0.201. The fourth-order valence-corrected chi connectivity index (χ4v) is 2.25. The summed E-state index contributed by atoms with van der Waals surface area (Å²) in [5.74, 6) is -0.201. The predicted octanol–water partition coefficient (Wildman–Crippen LogP) is 3.27. The minimum absolute atomic E-state index is 0.0627. The molecule has 0 radical (unpaired) electrons. The van der Waals surface area contributed by atoms with Crippen LogP contribution in [0.2, 0.25) is 0 Å². The number of hydrogen-bond acceptors (Lipinski definition) is 2.